The number of hydrogen-bond acceptors (Lipinski definition) is 9. The lowest BCUT2D eigenvalue weighted by atomic mass is 9.89. The SMILES string of the molecule is O=S(=O)(Nc1ccc2c(c1)N1CCC(C(F)(F)F)(CC1)OC/C=C\C1CCCN(C1)c1nccc(n1)-c1cn-2nn1)C1CC1. The fourth-order valence-corrected chi connectivity index (χ4v) is 7.60. The first-order valence-corrected chi connectivity index (χ1v) is 16.4. The van der Waals surface area contributed by atoms with Crippen molar-refractivity contribution < 1.29 is 26.3 Å². The van der Waals surface area contributed by atoms with Crippen LogP contribution < -0.4 is 14.5 Å². The second-order valence-corrected chi connectivity index (χ2v) is 13.9. The van der Waals surface area contributed by atoms with Gasteiger partial charge in [-0.1, -0.05) is 17.4 Å². The third-order valence-corrected chi connectivity index (χ3v) is 10.7. The molecule has 8 bridgehead atoms. The molecule has 0 spiro atoms. The number of rotatable bonds is 3. The van der Waals surface area contributed by atoms with Gasteiger partial charge in [0, 0.05) is 45.2 Å². The van der Waals surface area contributed by atoms with E-state index in [0.29, 0.717) is 53.8 Å². The number of halogens is 3. The highest BCUT2D eigenvalue weighted by Crippen LogP contribution is 2.44. The zero-order valence-corrected chi connectivity index (χ0v) is 24.8. The number of anilines is 3. The Kier molecular flexibility index (Phi) is 7.27. The molecular formula is C29H33F3N8O3S. The zero-order chi connectivity index (χ0) is 30.5. The Balaban J connectivity index is 1.29. The van der Waals surface area contributed by atoms with Gasteiger partial charge >= 0.3 is 6.18 Å². The van der Waals surface area contributed by atoms with E-state index >= 15 is 0 Å². The van der Waals surface area contributed by atoms with Crippen molar-refractivity contribution in [3.63, 3.8) is 0 Å². The number of benzene rings is 1. The van der Waals surface area contributed by atoms with Crippen LogP contribution in [-0.2, 0) is 14.8 Å². The fourth-order valence-electron chi connectivity index (χ4n) is 6.23. The van der Waals surface area contributed by atoms with E-state index < -0.39 is 27.1 Å². The largest absolute Gasteiger partial charge is 0.417 e. The molecule has 8 rings (SSSR count). The predicted molar refractivity (Wildman–Crippen MR) is 158 cm³/mol. The normalized spacial score (nSPS) is 25.0. The Morgan fingerprint density at radius 2 is 1.82 bits per heavy atom. The second kappa shape index (κ2) is 11.0. The lowest BCUT2D eigenvalue weighted by Gasteiger charge is -2.43. The van der Waals surface area contributed by atoms with E-state index in [1.54, 1.807) is 47.4 Å². The van der Waals surface area contributed by atoms with Crippen LogP contribution in [0.2, 0.25) is 0 Å². The molecule has 1 aliphatic carbocycles. The summed E-state index contributed by atoms with van der Waals surface area (Å²) in [5.41, 5.74) is 0.237. The maximum atomic E-state index is 14.5. The van der Waals surface area contributed by atoms with E-state index in [-0.39, 0.29) is 38.5 Å². The Morgan fingerprint density at radius 3 is 2.59 bits per heavy atom. The molecular weight excluding hydrogens is 597 g/mol. The smallest absolute Gasteiger partial charge is 0.369 e. The van der Waals surface area contributed by atoms with E-state index in [1.807, 2.05) is 11.0 Å². The summed E-state index contributed by atoms with van der Waals surface area (Å²) in [6, 6.07) is 6.74. The lowest BCUT2D eigenvalue weighted by molar-refractivity contribution is -0.281. The number of ether oxygens (including phenoxy) is 1. The zero-order valence-electron chi connectivity index (χ0n) is 23.9. The first-order valence-electron chi connectivity index (χ1n) is 14.9. The van der Waals surface area contributed by atoms with E-state index in [9.17, 15) is 21.6 Å². The molecule has 2 aromatic heterocycles. The van der Waals surface area contributed by atoms with Crippen molar-refractivity contribution >= 4 is 27.3 Å². The summed E-state index contributed by atoms with van der Waals surface area (Å²) in [5, 5.41) is 8.26. The van der Waals surface area contributed by atoms with Crippen LogP contribution in [0.4, 0.5) is 30.5 Å². The van der Waals surface area contributed by atoms with Crippen molar-refractivity contribution in [3.8, 4) is 17.1 Å². The quantitative estimate of drug-likeness (QED) is 0.422. The van der Waals surface area contributed by atoms with Crippen LogP contribution in [0, 0.1) is 5.92 Å². The summed E-state index contributed by atoms with van der Waals surface area (Å²) in [5.74, 6) is 0.685. The van der Waals surface area contributed by atoms with Crippen molar-refractivity contribution in [3.05, 3.63) is 48.8 Å². The van der Waals surface area contributed by atoms with Gasteiger partial charge in [-0.3, -0.25) is 4.72 Å². The van der Waals surface area contributed by atoms with Crippen molar-refractivity contribution in [2.24, 2.45) is 5.92 Å². The molecule has 234 valence electrons. The molecule has 15 heteroatoms. The molecule has 1 saturated carbocycles. The summed E-state index contributed by atoms with van der Waals surface area (Å²) >= 11 is 0. The molecule has 0 radical (unpaired) electrons. The van der Waals surface area contributed by atoms with Gasteiger partial charge in [0.15, 0.2) is 5.60 Å². The summed E-state index contributed by atoms with van der Waals surface area (Å²) in [6.45, 7) is 1.36. The standard InChI is InChI=1S/C29H33F3N8O3S/c30-29(31,32)28-10-14-38(15-11-28)26-17-21(36-44(41,42)22-6-7-22)5-8-25(26)40-19-24(35-37-40)23-9-12-33-27(34-23)39-13-1-3-20(18-39)4-2-16-43-28/h2,4-5,8-9,12,17,19-20,22,36H,1,3,6-7,10-11,13-16,18H2/b4-2-. The molecule has 3 aromatic rings. The highest BCUT2D eigenvalue weighted by atomic mass is 32.2. The van der Waals surface area contributed by atoms with Crippen LogP contribution in [0.15, 0.2) is 48.8 Å². The van der Waals surface area contributed by atoms with E-state index in [2.05, 4.69) is 24.9 Å². The maximum absolute atomic E-state index is 14.5. The average molecular weight is 631 g/mol. The first-order chi connectivity index (χ1) is 21.1. The van der Waals surface area contributed by atoms with Crippen molar-refractivity contribution in [1.29, 1.82) is 0 Å². The molecule has 1 N–H and O–H groups in total. The predicted octanol–water partition coefficient (Wildman–Crippen LogP) is 4.33. The number of nitrogens with one attached hydrogen (secondary N) is 1. The molecule has 5 aliphatic rings. The van der Waals surface area contributed by atoms with Crippen molar-refractivity contribution in [2.45, 2.75) is 55.6 Å². The molecule has 11 nitrogen and oxygen atoms in total. The number of nitrogens with zero attached hydrogens (tertiary/aromatic N) is 7. The van der Waals surface area contributed by atoms with Gasteiger partial charge in [0.2, 0.25) is 16.0 Å². The molecule has 44 heavy (non-hydrogen) atoms. The molecule has 6 heterocycles. The fraction of sp³-hybridized carbons (Fsp3) is 0.517. The number of alkyl halides is 3. The van der Waals surface area contributed by atoms with E-state index in [0.717, 1.165) is 19.4 Å². The summed E-state index contributed by atoms with van der Waals surface area (Å²) in [7, 11) is -3.55. The lowest BCUT2D eigenvalue weighted by Crippen LogP contribution is -2.55. The van der Waals surface area contributed by atoms with Gasteiger partial charge in [0.1, 0.15) is 5.69 Å². The first kappa shape index (κ1) is 29.0. The summed E-state index contributed by atoms with van der Waals surface area (Å²) in [6.07, 6.45) is 4.95. The Morgan fingerprint density at radius 1 is 1.00 bits per heavy atom. The van der Waals surface area contributed by atoms with E-state index in [4.69, 9.17) is 9.72 Å². The van der Waals surface area contributed by atoms with Crippen LogP contribution in [0.25, 0.3) is 17.1 Å². The van der Waals surface area contributed by atoms with Gasteiger partial charge in [-0.15, -0.1) is 5.10 Å². The number of aromatic nitrogens is 5. The Labute approximate surface area is 253 Å². The molecule has 1 atom stereocenters. The highest BCUT2D eigenvalue weighted by Gasteiger charge is 2.57. The Hall–Kier alpha value is -3.72. The molecule has 0 amide bonds. The topological polar surface area (TPSA) is 118 Å². The van der Waals surface area contributed by atoms with Crippen LogP contribution in [0.5, 0.6) is 0 Å². The summed E-state index contributed by atoms with van der Waals surface area (Å²) in [4.78, 5) is 13.1. The molecule has 1 unspecified atom stereocenters. The maximum Gasteiger partial charge on any atom is 0.417 e. The van der Waals surface area contributed by atoms with Crippen molar-refractivity contribution in [1.82, 2.24) is 25.0 Å². The van der Waals surface area contributed by atoms with Crippen LogP contribution in [0.1, 0.15) is 38.5 Å². The van der Waals surface area contributed by atoms with Gasteiger partial charge in [0.05, 0.1) is 40.8 Å². The second-order valence-electron chi connectivity index (χ2n) is 11.9. The van der Waals surface area contributed by atoms with Crippen LogP contribution in [-0.4, -0.2) is 83.2 Å². The summed E-state index contributed by atoms with van der Waals surface area (Å²) < 4.78 is 78.8. The van der Waals surface area contributed by atoms with Gasteiger partial charge < -0.3 is 14.5 Å². The third-order valence-electron chi connectivity index (χ3n) is 8.88. The number of piperidine rings is 2. The Bertz CT molecular complexity index is 1670. The average Bonchev–Trinajstić information content (AvgIpc) is 3.77. The molecule has 1 aromatic carbocycles. The molecule has 2 saturated heterocycles. The minimum atomic E-state index is -4.56. The monoisotopic (exact) mass is 630 g/mol. The minimum absolute atomic E-state index is 0.0451. The van der Waals surface area contributed by atoms with Gasteiger partial charge in [-0.2, -0.15) is 13.2 Å². The van der Waals surface area contributed by atoms with Crippen molar-refractivity contribution in [2.75, 3.05) is 47.3 Å². The van der Waals surface area contributed by atoms with Gasteiger partial charge in [-0.25, -0.2) is 23.1 Å². The number of fused-ring (bicyclic) bond motifs is 4. The molecule has 3 fully saturated rings. The van der Waals surface area contributed by atoms with Crippen LogP contribution >= 0.6 is 0 Å². The van der Waals surface area contributed by atoms with Gasteiger partial charge in [-0.05, 0) is 55.9 Å². The van der Waals surface area contributed by atoms with Crippen LogP contribution in [0.3, 0.4) is 0 Å². The highest BCUT2D eigenvalue weighted by molar-refractivity contribution is 7.93. The number of hydrogen-bond donors (Lipinski definition) is 1. The molecule has 4 aliphatic heterocycles. The number of sulfonamides is 1. The third kappa shape index (κ3) is 5.62. The van der Waals surface area contributed by atoms with E-state index in [1.165, 1.54) is 0 Å². The van der Waals surface area contributed by atoms with Gasteiger partial charge in [0.25, 0.3) is 0 Å². The minimum Gasteiger partial charge on any atom is -0.369 e.